The van der Waals surface area contributed by atoms with E-state index in [9.17, 15) is 0 Å². The minimum Gasteiger partial charge on any atom is -0.497 e. The SMILES string of the molecule is COc1cc(OC)cc(-c2cc(C(C)C)c(-n3ccnc3-c3ccccc3)c(C(C)C)c2)c1. The zero-order valence-electron chi connectivity index (χ0n) is 20.3. The number of benzene rings is 3. The molecule has 1 aromatic heterocycles. The molecule has 0 spiro atoms. The predicted octanol–water partition coefficient (Wildman–Crippen LogP) is 7.47. The fourth-order valence-electron chi connectivity index (χ4n) is 4.26. The van der Waals surface area contributed by atoms with Gasteiger partial charge < -0.3 is 9.47 Å². The van der Waals surface area contributed by atoms with Crippen LogP contribution in [0, 0.1) is 0 Å². The van der Waals surface area contributed by atoms with E-state index in [0.717, 1.165) is 34.0 Å². The lowest BCUT2D eigenvalue weighted by Gasteiger charge is -2.24. The first-order valence-corrected chi connectivity index (χ1v) is 11.4. The Bertz CT molecular complexity index is 1190. The van der Waals surface area contributed by atoms with Crippen LogP contribution in [0.25, 0.3) is 28.2 Å². The van der Waals surface area contributed by atoms with Gasteiger partial charge in [0.25, 0.3) is 0 Å². The molecule has 0 N–H and O–H groups in total. The van der Waals surface area contributed by atoms with E-state index < -0.39 is 0 Å². The summed E-state index contributed by atoms with van der Waals surface area (Å²) >= 11 is 0. The van der Waals surface area contributed by atoms with E-state index in [2.05, 4.69) is 87.0 Å². The van der Waals surface area contributed by atoms with E-state index in [1.54, 1.807) is 14.2 Å². The van der Waals surface area contributed by atoms with Gasteiger partial charge in [0.2, 0.25) is 0 Å². The van der Waals surface area contributed by atoms with Gasteiger partial charge in [-0.05, 0) is 58.4 Å². The van der Waals surface area contributed by atoms with Gasteiger partial charge in [0.1, 0.15) is 17.3 Å². The molecule has 0 amide bonds. The summed E-state index contributed by atoms with van der Waals surface area (Å²) in [5.74, 6) is 3.18. The monoisotopic (exact) mass is 440 g/mol. The van der Waals surface area contributed by atoms with Crippen molar-refractivity contribution in [3.8, 4) is 39.7 Å². The molecule has 1 heterocycles. The maximum atomic E-state index is 5.53. The quantitative estimate of drug-likeness (QED) is 0.299. The fourth-order valence-corrected chi connectivity index (χ4v) is 4.26. The number of ether oxygens (including phenoxy) is 2. The van der Waals surface area contributed by atoms with Crippen molar-refractivity contribution < 1.29 is 9.47 Å². The highest BCUT2D eigenvalue weighted by Crippen LogP contribution is 2.39. The molecule has 0 aliphatic heterocycles. The molecule has 3 aromatic carbocycles. The number of hydrogen-bond donors (Lipinski definition) is 0. The topological polar surface area (TPSA) is 36.3 Å². The Kier molecular flexibility index (Phi) is 6.55. The molecular formula is C29H32N2O2. The smallest absolute Gasteiger partial charge is 0.144 e. The molecule has 4 nitrogen and oxygen atoms in total. The van der Waals surface area contributed by atoms with Crippen molar-refractivity contribution in [1.82, 2.24) is 9.55 Å². The van der Waals surface area contributed by atoms with E-state index in [-0.39, 0.29) is 0 Å². The van der Waals surface area contributed by atoms with Gasteiger partial charge in [-0.1, -0.05) is 58.0 Å². The van der Waals surface area contributed by atoms with Crippen molar-refractivity contribution in [3.05, 3.63) is 84.2 Å². The Morgan fingerprint density at radius 1 is 0.697 bits per heavy atom. The summed E-state index contributed by atoms with van der Waals surface area (Å²) in [7, 11) is 3.37. The zero-order valence-corrected chi connectivity index (χ0v) is 20.3. The van der Waals surface area contributed by atoms with Gasteiger partial charge >= 0.3 is 0 Å². The van der Waals surface area contributed by atoms with Crippen LogP contribution in [0.15, 0.2) is 73.1 Å². The van der Waals surface area contributed by atoms with Gasteiger partial charge in [-0.3, -0.25) is 4.57 Å². The van der Waals surface area contributed by atoms with Crippen molar-refractivity contribution in [3.63, 3.8) is 0 Å². The van der Waals surface area contributed by atoms with Gasteiger partial charge in [0.05, 0.1) is 19.9 Å². The summed E-state index contributed by atoms with van der Waals surface area (Å²) in [5, 5.41) is 0. The lowest BCUT2D eigenvalue weighted by atomic mass is 9.88. The highest BCUT2D eigenvalue weighted by molar-refractivity contribution is 5.73. The normalized spacial score (nSPS) is 11.3. The van der Waals surface area contributed by atoms with Crippen molar-refractivity contribution >= 4 is 0 Å². The second kappa shape index (κ2) is 9.53. The second-order valence-electron chi connectivity index (χ2n) is 8.90. The number of methoxy groups -OCH3 is 2. The number of rotatable bonds is 7. The van der Waals surface area contributed by atoms with Crippen LogP contribution in [0.2, 0.25) is 0 Å². The van der Waals surface area contributed by atoms with E-state index in [0.29, 0.717) is 11.8 Å². The lowest BCUT2D eigenvalue weighted by molar-refractivity contribution is 0.394. The van der Waals surface area contributed by atoms with Crippen LogP contribution < -0.4 is 9.47 Å². The summed E-state index contributed by atoms with van der Waals surface area (Å²) in [5.41, 5.74) is 7.13. The molecule has 170 valence electrons. The summed E-state index contributed by atoms with van der Waals surface area (Å²) in [6.45, 7) is 8.99. The number of nitrogens with zero attached hydrogens (tertiary/aromatic N) is 2. The van der Waals surface area contributed by atoms with Crippen LogP contribution in [-0.2, 0) is 0 Å². The van der Waals surface area contributed by atoms with Crippen molar-refractivity contribution in [2.24, 2.45) is 0 Å². The van der Waals surface area contributed by atoms with Crippen LogP contribution in [-0.4, -0.2) is 23.8 Å². The Labute approximate surface area is 196 Å². The first-order chi connectivity index (χ1) is 15.9. The molecule has 0 saturated heterocycles. The fraction of sp³-hybridized carbons (Fsp3) is 0.276. The Balaban J connectivity index is 1.97. The van der Waals surface area contributed by atoms with Crippen LogP contribution in [0.1, 0.15) is 50.7 Å². The first-order valence-electron chi connectivity index (χ1n) is 11.4. The van der Waals surface area contributed by atoms with Crippen molar-refractivity contribution in [2.45, 2.75) is 39.5 Å². The third kappa shape index (κ3) is 4.51. The molecule has 0 saturated carbocycles. The van der Waals surface area contributed by atoms with E-state index in [4.69, 9.17) is 14.5 Å². The molecule has 0 radical (unpaired) electrons. The zero-order chi connectivity index (χ0) is 23.5. The highest BCUT2D eigenvalue weighted by atomic mass is 16.5. The molecule has 0 atom stereocenters. The Morgan fingerprint density at radius 3 is 1.76 bits per heavy atom. The molecule has 0 bridgehead atoms. The first kappa shape index (κ1) is 22.7. The van der Waals surface area contributed by atoms with Gasteiger partial charge in [0.15, 0.2) is 0 Å². The molecule has 4 heteroatoms. The standard InChI is InChI=1S/C29H32N2O2/c1-19(2)26-16-23(22-14-24(32-5)18-25(15-22)33-6)17-27(20(3)4)28(26)31-13-12-30-29(31)21-10-8-7-9-11-21/h7-20H,1-6H3. The Hall–Kier alpha value is -3.53. The van der Waals surface area contributed by atoms with E-state index >= 15 is 0 Å². The maximum absolute atomic E-state index is 5.53. The minimum absolute atomic E-state index is 0.330. The van der Waals surface area contributed by atoms with Gasteiger partial charge in [-0.25, -0.2) is 4.98 Å². The molecule has 0 aliphatic carbocycles. The molecule has 4 rings (SSSR count). The van der Waals surface area contributed by atoms with Crippen LogP contribution in [0.3, 0.4) is 0 Å². The Morgan fingerprint density at radius 2 is 1.24 bits per heavy atom. The van der Waals surface area contributed by atoms with E-state index in [1.165, 1.54) is 16.8 Å². The number of hydrogen-bond acceptors (Lipinski definition) is 3. The second-order valence-corrected chi connectivity index (χ2v) is 8.90. The van der Waals surface area contributed by atoms with Gasteiger partial charge in [0, 0.05) is 24.0 Å². The van der Waals surface area contributed by atoms with Crippen molar-refractivity contribution in [1.29, 1.82) is 0 Å². The molecular weight excluding hydrogens is 408 g/mol. The number of imidazole rings is 1. The molecule has 4 aromatic rings. The summed E-state index contributed by atoms with van der Waals surface area (Å²) in [6, 6.07) is 21.0. The van der Waals surface area contributed by atoms with Gasteiger partial charge in [-0.2, -0.15) is 0 Å². The third-order valence-electron chi connectivity index (χ3n) is 6.01. The highest BCUT2D eigenvalue weighted by Gasteiger charge is 2.21. The molecule has 0 aliphatic rings. The predicted molar refractivity (Wildman–Crippen MR) is 136 cm³/mol. The molecule has 0 fully saturated rings. The third-order valence-corrected chi connectivity index (χ3v) is 6.01. The summed E-state index contributed by atoms with van der Waals surface area (Å²) in [4.78, 5) is 4.72. The van der Waals surface area contributed by atoms with Crippen LogP contribution in [0.5, 0.6) is 11.5 Å². The number of aromatic nitrogens is 2. The van der Waals surface area contributed by atoms with Gasteiger partial charge in [-0.15, -0.1) is 0 Å². The minimum atomic E-state index is 0.330. The van der Waals surface area contributed by atoms with E-state index in [1.807, 2.05) is 18.3 Å². The largest absolute Gasteiger partial charge is 0.497 e. The average molecular weight is 441 g/mol. The lowest BCUT2D eigenvalue weighted by Crippen LogP contribution is -2.08. The summed E-state index contributed by atoms with van der Waals surface area (Å²) in [6.07, 6.45) is 3.96. The molecule has 0 unspecified atom stereocenters. The molecule has 33 heavy (non-hydrogen) atoms. The average Bonchev–Trinajstić information content (AvgIpc) is 3.32. The van der Waals surface area contributed by atoms with Crippen LogP contribution >= 0.6 is 0 Å². The maximum Gasteiger partial charge on any atom is 0.144 e. The van der Waals surface area contributed by atoms with Crippen molar-refractivity contribution in [2.75, 3.05) is 14.2 Å². The van der Waals surface area contributed by atoms with Crippen LogP contribution in [0.4, 0.5) is 0 Å². The summed E-state index contributed by atoms with van der Waals surface area (Å²) < 4.78 is 13.3.